The predicted molar refractivity (Wildman–Crippen MR) is 74.4 cm³/mol. The molecule has 2 heterocycles. The Bertz CT molecular complexity index is 292. The minimum Gasteiger partial charge on any atom is -0.409 e. The first-order chi connectivity index (χ1) is 8.70. The maximum atomic E-state index is 8.73. The Morgan fingerprint density at radius 3 is 2.78 bits per heavy atom. The van der Waals surface area contributed by atoms with E-state index in [1.54, 1.807) is 0 Å². The first-order valence-electron chi connectivity index (χ1n) is 6.91. The van der Waals surface area contributed by atoms with E-state index in [1.807, 2.05) is 0 Å². The van der Waals surface area contributed by atoms with E-state index in [9.17, 15) is 0 Å². The third kappa shape index (κ3) is 3.39. The van der Waals surface area contributed by atoms with Crippen molar-refractivity contribution < 1.29 is 5.21 Å². The summed E-state index contributed by atoms with van der Waals surface area (Å²) in [4.78, 5) is 4.98. The van der Waals surface area contributed by atoms with E-state index in [4.69, 9.17) is 10.9 Å². The summed E-state index contributed by atoms with van der Waals surface area (Å²) in [6.45, 7) is 4.59. The van der Waals surface area contributed by atoms with Crippen LogP contribution in [0.25, 0.3) is 0 Å². The summed E-state index contributed by atoms with van der Waals surface area (Å²) >= 11 is 0. The van der Waals surface area contributed by atoms with Crippen molar-refractivity contribution in [3.05, 3.63) is 0 Å². The van der Waals surface area contributed by atoms with Gasteiger partial charge in [0.1, 0.15) is 13.1 Å². The van der Waals surface area contributed by atoms with E-state index in [2.05, 4.69) is 29.3 Å². The molecule has 0 saturated carbocycles. The second-order valence-electron chi connectivity index (χ2n) is 5.56. The van der Waals surface area contributed by atoms with Crippen LogP contribution < -0.4 is 5.73 Å². The Balaban J connectivity index is 1.94. The van der Waals surface area contributed by atoms with E-state index >= 15 is 0 Å². The molecule has 0 aliphatic carbocycles. The molecule has 2 unspecified atom stereocenters. The number of oxime groups is 1. The SMILES string of the molecule is CN1CCN(C2CC[B]CC2C/C(N)=N/O)CC1. The number of nitrogens with two attached hydrogens (primary N) is 1. The predicted octanol–water partition coefficient (Wildman–Crippen LogP) is 0.300. The van der Waals surface area contributed by atoms with Gasteiger partial charge in [0.15, 0.2) is 0 Å². The normalized spacial score (nSPS) is 32.2. The fraction of sp³-hybridized carbons (Fsp3) is 0.917. The van der Waals surface area contributed by atoms with Crippen LogP contribution in [0.2, 0.25) is 12.6 Å². The van der Waals surface area contributed by atoms with E-state index in [1.165, 1.54) is 12.7 Å². The van der Waals surface area contributed by atoms with Gasteiger partial charge in [-0.05, 0) is 19.4 Å². The summed E-state index contributed by atoms with van der Waals surface area (Å²) in [6.07, 6.45) is 4.22. The quantitative estimate of drug-likeness (QED) is 0.249. The highest BCUT2D eigenvalue weighted by molar-refractivity contribution is 6.35. The molecular formula is C12H24BN4O. The van der Waals surface area contributed by atoms with E-state index < -0.39 is 0 Å². The van der Waals surface area contributed by atoms with Gasteiger partial charge < -0.3 is 15.8 Å². The second kappa shape index (κ2) is 6.43. The van der Waals surface area contributed by atoms with Gasteiger partial charge in [-0.3, -0.25) is 4.90 Å². The van der Waals surface area contributed by atoms with Gasteiger partial charge in [-0.2, -0.15) is 0 Å². The first kappa shape index (κ1) is 13.7. The lowest BCUT2D eigenvalue weighted by Gasteiger charge is -2.43. The molecule has 0 aromatic carbocycles. The van der Waals surface area contributed by atoms with E-state index in [-0.39, 0.29) is 0 Å². The highest BCUT2D eigenvalue weighted by atomic mass is 16.4. The molecule has 0 aromatic rings. The Kier molecular flexibility index (Phi) is 4.89. The van der Waals surface area contributed by atoms with E-state index in [0.717, 1.165) is 32.5 Å². The van der Waals surface area contributed by atoms with Gasteiger partial charge in [0.2, 0.25) is 0 Å². The van der Waals surface area contributed by atoms with Crippen LogP contribution in [0.1, 0.15) is 12.8 Å². The van der Waals surface area contributed by atoms with Crippen LogP contribution in [0.15, 0.2) is 5.16 Å². The van der Waals surface area contributed by atoms with Crippen molar-refractivity contribution in [2.24, 2.45) is 16.8 Å². The maximum Gasteiger partial charge on any atom is 0.139 e. The third-order valence-corrected chi connectivity index (χ3v) is 4.29. The molecular weight excluding hydrogens is 227 g/mol. The fourth-order valence-corrected chi connectivity index (χ4v) is 3.18. The van der Waals surface area contributed by atoms with Crippen molar-refractivity contribution in [1.29, 1.82) is 0 Å². The summed E-state index contributed by atoms with van der Waals surface area (Å²) in [5, 5.41) is 11.9. The lowest BCUT2D eigenvalue weighted by atomic mass is 9.57. The summed E-state index contributed by atoms with van der Waals surface area (Å²) in [7, 11) is 4.53. The summed E-state index contributed by atoms with van der Waals surface area (Å²) < 4.78 is 0. The lowest BCUT2D eigenvalue weighted by molar-refractivity contribution is 0.0804. The number of piperazine rings is 1. The monoisotopic (exact) mass is 251 g/mol. The molecule has 6 heteroatoms. The van der Waals surface area contributed by atoms with Crippen LogP contribution in [-0.2, 0) is 0 Å². The number of rotatable bonds is 3. The van der Waals surface area contributed by atoms with E-state index in [0.29, 0.717) is 24.2 Å². The zero-order valence-electron chi connectivity index (χ0n) is 11.3. The summed E-state index contributed by atoms with van der Waals surface area (Å²) in [5.74, 6) is 0.882. The Labute approximate surface area is 110 Å². The van der Waals surface area contributed by atoms with Crippen molar-refractivity contribution in [3.63, 3.8) is 0 Å². The van der Waals surface area contributed by atoms with Gasteiger partial charge in [-0.25, -0.2) is 0 Å². The molecule has 2 aliphatic rings. The van der Waals surface area contributed by atoms with Crippen molar-refractivity contribution in [3.8, 4) is 0 Å². The standard InChI is InChI=1S/C12H24BN4O/c1-16-4-6-17(7-5-16)11-2-3-13-9-10(11)8-12(14)15-18/h10-11,18H,2-9H2,1H3,(H2,14,15). The minimum absolute atomic E-state index is 0.370. The summed E-state index contributed by atoms with van der Waals surface area (Å²) in [5.41, 5.74) is 5.68. The van der Waals surface area contributed by atoms with Gasteiger partial charge in [-0.15, -0.1) is 0 Å². The minimum atomic E-state index is 0.370. The molecule has 2 saturated heterocycles. The van der Waals surface area contributed by atoms with Crippen LogP contribution in [0.5, 0.6) is 0 Å². The lowest BCUT2D eigenvalue weighted by Crippen LogP contribution is -2.52. The molecule has 101 valence electrons. The van der Waals surface area contributed by atoms with Crippen LogP contribution in [0.3, 0.4) is 0 Å². The number of hydrogen-bond donors (Lipinski definition) is 2. The largest absolute Gasteiger partial charge is 0.409 e. The molecule has 0 aromatic heterocycles. The van der Waals surface area contributed by atoms with Gasteiger partial charge >= 0.3 is 0 Å². The second-order valence-corrected chi connectivity index (χ2v) is 5.56. The van der Waals surface area contributed by atoms with Crippen molar-refractivity contribution in [2.45, 2.75) is 31.5 Å². The van der Waals surface area contributed by atoms with Gasteiger partial charge in [0, 0.05) is 38.6 Å². The highest BCUT2D eigenvalue weighted by Gasteiger charge is 2.32. The van der Waals surface area contributed by atoms with Crippen molar-refractivity contribution >= 4 is 13.1 Å². The molecule has 5 nitrogen and oxygen atoms in total. The average molecular weight is 251 g/mol. The topological polar surface area (TPSA) is 65.1 Å². The highest BCUT2D eigenvalue weighted by Crippen LogP contribution is 2.29. The Morgan fingerprint density at radius 2 is 2.11 bits per heavy atom. The third-order valence-electron chi connectivity index (χ3n) is 4.29. The van der Waals surface area contributed by atoms with Gasteiger partial charge in [0.25, 0.3) is 0 Å². The fourth-order valence-electron chi connectivity index (χ4n) is 3.18. The summed E-state index contributed by atoms with van der Waals surface area (Å²) in [6, 6.07) is 0.601. The Hall–Kier alpha value is -0.745. The smallest absolute Gasteiger partial charge is 0.139 e. The number of hydrogen-bond acceptors (Lipinski definition) is 4. The number of amidine groups is 1. The first-order valence-corrected chi connectivity index (χ1v) is 6.91. The Morgan fingerprint density at radius 1 is 1.39 bits per heavy atom. The van der Waals surface area contributed by atoms with Gasteiger partial charge in [0.05, 0.1) is 0 Å². The maximum absolute atomic E-state index is 8.73. The molecule has 2 aliphatic heterocycles. The molecule has 0 bridgehead atoms. The average Bonchev–Trinajstić information content (AvgIpc) is 2.40. The molecule has 18 heavy (non-hydrogen) atoms. The van der Waals surface area contributed by atoms with Crippen LogP contribution in [-0.4, -0.2) is 67.4 Å². The van der Waals surface area contributed by atoms with Crippen molar-refractivity contribution in [1.82, 2.24) is 9.80 Å². The zero-order chi connectivity index (χ0) is 13.0. The zero-order valence-corrected chi connectivity index (χ0v) is 11.3. The van der Waals surface area contributed by atoms with Crippen LogP contribution in [0.4, 0.5) is 0 Å². The number of likely N-dealkylation sites (N-methyl/N-ethyl adjacent to an activating group) is 1. The van der Waals surface area contributed by atoms with Crippen LogP contribution in [0, 0.1) is 5.92 Å². The molecule has 2 atom stereocenters. The molecule has 2 rings (SSSR count). The molecule has 1 radical (unpaired) electrons. The van der Waals surface area contributed by atoms with Crippen molar-refractivity contribution in [2.75, 3.05) is 33.2 Å². The molecule has 0 amide bonds. The molecule has 3 N–H and O–H groups in total. The molecule has 0 spiro atoms. The number of nitrogens with zero attached hydrogens (tertiary/aromatic N) is 3. The van der Waals surface area contributed by atoms with Crippen LogP contribution >= 0.6 is 0 Å². The molecule has 2 fully saturated rings. The van der Waals surface area contributed by atoms with Gasteiger partial charge in [-0.1, -0.05) is 17.8 Å².